The summed E-state index contributed by atoms with van der Waals surface area (Å²) in [4.78, 5) is 2.17. The first kappa shape index (κ1) is 16.3. The normalized spacial score (nSPS) is 23.5. The Bertz CT molecular complexity index is 753. The predicted octanol–water partition coefficient (Wildman–Crippen LogP) is 1.73. The molecule has 1 saturated heterocycles. The van der Waals surface area contributed by atoms with E-state index >= 15 is 0 Å². The zero-order valence-corrected chi connectivity index (χ0v) is 14.3. The summed E-state index contributed by atoms with van der Waals surface area (Å²) in [6, 6.07) is 4.61. The van der Waals surface area contributed by atoms with Gasteiger partial charge in [-0.05, 0) is 37.5 Å². The van der Waals surface area contributed by atoms with Crippen molar-refractivity contribution >= 4 is 25.4 Å². The molecule has 0 bridgehead atoms. The van der Waals surface area contributed by atoms with E-state index in [2.05, 4.69) is 13.8 Å². The molecule has 0 aromatic heterocycles. The van der Waals surface area contributed by atoms with Crippen LogP contribution in [-0.2, 0) is 19.7 Å². The number of sulfone groups is 2. The van der Waals surface area contributed by atoms with Gasteiger partial charge >= 0.3 is 0 Å². The van der Waals surface area contributed by atoms with Gasteiger partial charge in [0.05, 0.1) is 15.5 Å². The van der Waals surface area contributed by atoms with Crippen molar-refractivity contribution in [3.8, 4) is 0 Å². The summed E-state index contributed by atoms with van der Waals surface area (Å²) in [5, 5.41) is 0. The van der Waals surface area contributed by atoms with Crippen LogP contribution in [0, 0.1) is 5.92 Å². The molecule has 1 aromatic carbocycles. The third-order valence-corrected chi connectivity index (χ3v) is 6.09. The van der Waals surface area contributed by atoms with Gasteiger partial charge < -0.3 is 4.90 Å². The van der Waals surface area contributed by atoms with Crippen LogP contribution in [0.1, 0.15) is 20.3 Å². The lowest BCUT2D eigenvalue weighted by Crippen LogP contribution is -2.28. The molecule has 2 atom stereocenters. The van der Waals surface area contributed by atoms with Crippen LogP contribution in [0.5, 0.6) is 0 Å². The van der Waals surface area contributed by atoms with Gasteiger partial charge in [0.1, 0.15) is 0 Å². The maximum atomic E-state index is 12.1. The van der Waals surface area contributed by atoms with Crippen molar-refractivity contribution in [3.05, 3.63) is 18.2 Å². The molecule has 0 saturated carbocycles. The van der Waals surface area contributed by atoms with Crippen LogP contribution in [0.4, 0.5) is 5.69 Å². The lowest BCUT2D eigenvalue weighted by Gasteiger charge is -2.26. The molecule has 118 valence electrons. The van der Waals surface area contributed by atoms with Crippen molar-refractivity contribution in [2.24, 2.45) is 5.92 Å². The third kappa shape index (κ3) is 3.40. The molecular formula is C14H21NO4S2. The number of anilines is 1. The monoisotopic (exact) mass is 331 g/mol. The minimum Gasteiger partial charge on any atom is -0.367 e. The zero-order chi connectivity index (χ0) is 16.0. The molecule has 1 aromatic rings. The fourth-order valence-electron chi connectivity index (χ4n) is 2.89. The van der Waals surface area contributed by atoms with Crippen LogP contribution < -0.4 is 4.90 Å². The molecule has 0 spiro atoms. The predicted molar refractivity (Wildman–Crippen MR) is 83.3 cm³/mol. The maximum absolute atomic E-state index is 12.1. The zero-order valence-electron chi connectivity index (χ0n) is 12.7. The molecule has 0 radical (unpaired) electrons. The second-order valence-electron chi connectivity index (χ2n) is 6.02. The summed E-state index contributed by atoms with van der Waals surface area (Å²) < 4.78 is 47.4. The van der Waals surface area contributed by atoms with E-state index in [1.54, 1.807) is 6.07 Å². The summed E-state index contributed by atoms with van der Waals surface area (Å²) >= 11 is 0. The highest BCUT2D eigenvalue weighted by Gasteiger charge is 2.30. The van der Waals surface area contributed by atoms with E-state index in [9.17, 15) is 16.8 Å². The van der Waals surface area contributed by atoms with Crippen molar-refractivity contribution in [3.63, 3.8) is 0 Å². The molecule has 1 fully saturated rings. The minimum absolute atomic E-state index is 0.0339. The highest BCUT2D eigenvalue weighted by Crippen LogP contribution is 2.34. The molecule has 1 heterocycles. The Hall–Kier alpha value is -1.08. The van der Waals surface area contributed by atoms with Crippen LogP contribution in [0.2, 0.25) is 0 Å². The van der Waals surface area contributed by atoms with Gasteiger partial charge in [-0.2, -0.15) is 0 Å². The lowest BCUT2D eigenvalue weighted by molar-refractivity contribution is 0.599. The Labute approximate surface area is 126 Å². The number of nitrogens with zero attached hydrogens (tertiary/aromatic N) is 1. The van der Waals surface area contributed by atoms with E-state index < -0.39 is 19.7 Å². The molecule has 1 aliphatic heterocycles. The first-order valence-corrected chi connectivity index (χ1v) is 10.6. The van der Waals surface area contributed by atoms with Crippen molar-refractivity contribution in [1.29, 1.82) is 0 Å². The van der Waals surface area contributed by atoms with Gasteiger partial charge in [0.25, 0.3) is 0 Å². The summed E-state index contributed by atoms with van der Waals surface area (Å²) in [6.07, 6.45) is 3.19. The highest BCUT2D eigenvalue weighted by atomic mass is 32.2. The van der Waals surface area contributed by atoms with Crippen molar-refractivity contribution in [1.82, 2.24) is 0 Å². The molecule has 1 aliphatic rings. The van der Waals surface area contributed by atoms with Crippen molar-refractivity contribution in [2.45, 2.75) is 36.1 Å². The number of hydrogen-bond donors (Lipinski definition) is 0. The molecule has 0 unspecified atom stereocenters. The van der Waals surface area contributed by atoms with Gasteiger partial charge in [-0.3, -0.25) is 0 Å². The SMILES string of the molecule is C[C@@H]1C[C@@H](C)N(c2ccc(S(C)(=O)=O)cc2S(C)(=O)=O)C1. The second-order valence-corrected chi connectivity index (χ2v) is 10.0. The van der Waals surface area contributed by atoms with Crippen LogP contribution in [-0.4, -0.2) is 41.9 Å². The lowest BCUT2D eigenvalue weighted by atomic mass is 10.1. The number of hydrogen-bond acceptors (Lipinski definition) is 5. The molecule has 7 heteroatoms. The Kier molecular flexibility index (Phi) is 4.10. The standard InChI is InChI=1S/C14H21NO4S2/c1-10-7-11(2)15(9-10)13-6-5-12(20(3,16)17)8-14(13)21(4,18)19/h5-6,8,10-11H,7,9H2,1-4H3/t10-,11-/m1/s1. The largest absolute Gasteiger partial charge is 0.367 e. The van der Waals surface area contributed by atoms with Gasteiger partial charge in [-0.1, -0.05) is 6.92 Å². The van der Waals surface area contributed by atoms with E-state index in [4.69, 9.17) is 0 Å². The van der Waals surface area contributed by atoms with Crippen molar-refractivity contribution in [2.75, 3.05) is 24.0 Å². The van der Waals surface area contributed by atoms with E-state index in [1.165, 1.54) is 12.1 Å². The molecule has 5 nitrogen and oxygen atoms in total. The fraction of sp³-hybridized carbons (Fsp3) is 0.571. The first-order valence-electron chi connectivity index (χ1n) is 6.81. The van der Waals surface area contributed by atoms with Crippen LogP contribution in [0.25, 0.3) is 0 Å². The van der Waals surface area contributed by atoms with Gasteiger partial charge in [-0.15, -0.1) is 0 Å². The van der Waals surface area contributed by atoms with Gasteiger partial charge in [0.15, 0.2) is 19.7 Å². The van der Waals surface area contributed by atoms with Crippen LogP contribution >= 0.6 is 0 Å². The van der Waals surface area contributed by atoms with E-state index in [-0.39, 0.29) is 15.8 Å². The quantitative estimate of drug-likeness (QED) is 0.843. The van der Waals surface area contributed by atoms with E-state index in [0.29, 0.717) is 11.6 Å². The highest BCUT2D eigenvalue weighted by molar-refractivity contribution is 7.91. The average molecular weight is 331 g/mol. The van der Waals surface area contributed by atoms with E-state index in [1.807, 2.05) is 4.90 Å². The molecule has 0 N–H and O–H groups in total. The van der Waals surface area contributed by atoms with E-state index in [0.717, 1.165) is 25.5 Å². The Morgan fingerprint density at radius 3 is 2.10 bits per heavy atom. The van der Waals surface area contributed by atoms with Crippen LogP contribution in [0.15, 0.2) is 28.0 Å². The smallest absolute Gasteiger partial charge is 0.177 e. The first-order chi connectivity index (χ1) is 9.50. The third-order valence-electron chi connectivity index (χ3n) is 3.85. The van der Waals surface area contributed by atoms with Crippen LogP contribution in [0.3, 0.4) is 0 Å². The molecule has 21 heavy (non-hydrogen) atoms. The minimum atomic E-state index is -3.50. The Morgan fingerprint density at radius 1 is 1.05 bits per heavy atom. The van der Waals surface area contributed by atoms with Crippen molar-refractivity contribution < 1.29 is 16.8 Å². The van der Waals surface area contributed by atoms with Gasteiger partial charge in [0, 0.05) is 25.1 Å². The Balaban J connectivity index is 2.62. The number of benzene rings is 1. The summed E-state index contributed by atoms with van der Waals surface area (Å²) in [5.41, 5.74) is 0.599. The summed E-state index contributed by atoms with van der Waals surface area (Å²) in [5.74, 6) is 0.488. The fourth-order valence-corrected chi connectivity index (χ4v) is 4.52. The molecule has 0 aliphatic carbocycles. The average Bonchev–Trinajstić information content (AvgIpc) is 2.65. The number of rotatable bonds is 3. The molecule has 2 rings (SSSR count). The van der Waals surface area contributed by atoms with Gasteiger partial charge in [-0.25, -0.2) is 16.8 Å². The molecule has 0 amide bonds. The molecular weight excluding hydrogens is 310 g/mol. The Morgan fingerprint density at radius 2 is 1.67 bits per heavy atom. The topological polar surface area (TPSA) is 71.5 Å². The van der Waals surface area contributed by atoms with Gasteiger partial charge in [0.2, 0.25) is 0 Å². The second kappa shape index (κ2) is 5.28. The summed E-state index contributed by atoms with van der Waals surface area (Å²) in [6.45, 7) is 4.96. The maximum Gasteiger partial charge on any atom is 0.177 e. The summed E-state index contributed by atoms with van der Waals surface area (Å²) in [7, 11) is -6.93.